The molecule has 2 N–H and O–H groups in total. The number of rotatable bonds is 8. The van der Waals surface area contributed by atoms with Crippen LogP contribution < -0.4 is 5.32 Å². The number of nitrogens with zero attached hydrogens (tertiary/aromatic N) is 1. The van der Waals surface area contributed by atoms with Crippen molar-refractivity contribution < 1.29 is 9.90 Å². The lowest BCUT2D eigenvalue weighted by molar-refractivity contribution is -0.152. The van der Waals surface area contributed by atoms with Crippen molar-refractivity contribution in [2.45, 2.75) is 58.5 Å². The molecule has 4 rings (SSSR count). The molecular formula is C24H34N2O2. The van der Waals surface area contributed by atoms with Crippen LogP contribution in [-0.2, 0) is 4.79 Å². The van der Waals surface area contributed by atoms with Crippen molar-refractivity contribution in [2.24, 2.45) is 16.7 Å². The maximum absolute atomic E-state index is 11.3. The van der Waals surface area contributed by atoms with Crippen molar-refractivity contribution in [1.82, 2.24) is 10.2 Å². The van der Waals surface area contributed by atoms with Gasteiger partial charge in [0.2, 0.25) is 0 Å². The molecule has 0 unspecified atom stereocenters. The van der Waals surface area contributed by atoms with Crippen molar-refractivity contribution in [3.8, 4) is 0 Å². The predicted octanol–water partition coefficient (Wildman–Crippen LogP) is 4.03. The number of hydrogen-bond acceptors (Lipinski definition) is 3. The van der Waals surface area contributed by atoms with Crippen molar-refractivity contribution >= 4 is 12.0 Å². The molecule has 0 bridgehead atoms. The van der Waals surface area contributed by atoms with Crippen LogP contribution in [0.3, 0.4) is 0 Å². The van der Waals surface area contributed by atoms with Gasteiger partial charge in [0.05, 0.1) is 5.41 Å². The van der Waals surface area contributed by atoms with Gasteiger partial charge in [0.1, 0.15) is 0 Å². The van der Waals surface area contributed by atoms with Gasteiger partial charge in [-0.1, -0.05) is 48.9 Å². The maximum Gasteiger partial charge on any atom is 0.310 e. The maximum atomic E-state index is 11.3. The Morgan fingerprint density at radius 1 is 1.29 bits per heavy atom. The lowest BCUT2D eigenvalue weighted by atomic mass is 9.60. The van der Waals surface area contributed by atoms with E-state index in [1.165, 1.54) is 24.8 Å². The first-order chi connectivity index (χ1) is 13.3. The third-order valence-electron chi connectivity index (χ3n) is 6.95. The molecule has 0 radical (unpaired) electrons. The third-order valence-corrected chi connectivity index (χ3v) is 6.95. The molecule has 0 aromatic heterocycles. The molecular weight excluding hydrogens is 348 g/mol. The summed E-state index contributed by atoms with van der Waals surface area (Å²) < 4.78 is 0. The Bertz CT molecular complexity index is 741. The van der Waals surface area contributed by atoms with E-state index < -0.39 is 11.4 Å². The van der Waals surface area contributed by atoms with Crippen molar-refractivity contribution in [2.75, 3.05) is 19.6 Å². The van der Waals surface area contributed by atoms with E-state index in [1.54, 1.807) is 5.57 Å². The molecule has 0 amide bonds. The Hall–Kier alpha value is -1.65. The van der Waals surface area contributed by atoms with Crippen LogP contribution in [0.5, 0.6) is 0 Å². The van der Waals surface area contributed by atoms with Gasteiger partial charge in [0.15, 0.2) is 0 Å². The second kappa shape index (κ2) is 7.31. The molecule has 3 aliphatic rings. The van der Waals surface area contributed by atoms with Gasteiger partial charge in [-0.25, -0.2) is 0 Å². The predicted molar refractivity (Wildman–Crippen MR) is 113 cm³/mol. The summed E-state index contributed by atoms with van der Waals surface area (Å²) in [6.07, 6.45) is 7.28. The molecule has 2 saturated carbocycles. The van der Waals surface area contributed by atoms with Crippen molar-refractivity contribution in [1.29, 1.82) is 0 Å². The highest BCUT2D eigenvalue weighted by atomic mass is 16.4. The molecule has 1 heterocycles. The van der Waals surface area contributed by atoms with Gasteiger partial charge in [-0.3, -0.25) is 4.79 Å². The van der Waals surface area contributed by atoms with E-state index in [9.17, 15) is 9.90 Å². The number of likely N-dealkylation sites (tertiary alicyclic amines) is 1. The highest BCUT2D eigenvalue weighted by Gasteiger charge is 2.54. The molecule has 2 aliphatic carbocycles. The topological polar surface area (TPSA) is 52.6 Å². The minimum absolute atomic E-state index is 0.462. The fourth-order valence-electron chi connectivity index (χ4n) is 5.33. The van der Waals surface area contributed by atoms with Crippen LogP contribution in [-0.4, -0.2) is 47.7 Å². The number of carbonyl (C=O) groups is 1. The Balaban J connectivity index is 1.21. The van der Waals surface area contributed by atoms with Crippen LogP contribution in [0, 0.1) is 16.7 Å². The lowest BCUT2D eigenvalue weighted by Crippen LogP contribution is -2.67. The van der Waals surface area contributed by atoms with E-state index in [0.717, 1.165) is 19.5 Å². The molecule has 1 aromatic rings. The average Bonchev–Trinajstić information content (AvgIpc) is 3.35. The zero-order valence-electron chi connectivity index (χ0n) is 17.4. The summed E-state index contributed by atoms with van der Waals surface area (Å²) in [7, 11) is 0. The summed E-state index contributed by atoms with van der Waals surface area (Å²) in [5, 5.41) is 13.2. The molecule has 28 heavy (non-hydrogen) atoms. The van der Waals surface area contributed by atoms with Crippen LogP contribution in [0.4, 0.5) is 0 Å². The second-order valence-electron chi connectivity index (χ2n) is 10.0. The quantitative estimate of drug-likeness (QED) is 0.713. The monoisotopic (exact) mass is 382 g/mol. The minimum atomic E-state index is -0.698. The molecule has 4 nitrogen and oxygen atoms in total. The van der Waals surface area contributed by atoms with Crippen LogP contribution in [0.1, 0.15) is 52.0 Å². The normalized spacial score (nSPS) is 27.3. The summed E-state index contributed by atoms with van der Waals surface area (Å²) in [4.78, 5) is 13.6. The van der Waals surface area contributed by atoms with E-state index in [1.807, 2.05) is 13.8 Å². The summed E-state index contributed by atoms with van der Waals surface area (Å²) in [5.41, 5.74) is 2.70. The Morgan fingerprint density at radius 3 is 2.57 bits per heavy atom. The van der Waals surface area contributed by atoms with Crippen molar-refractivity contribution in [3.05, 3.63) is 41.5 Å². The molecule has 4 heteroatoms. The first-order valence-electron chi connectivity index (χ1n) is 10.8. The average molecular weight is 383 g/mol. The Labute approximate surface area is 169 Å². The van der Waals surface area contributed by atoms with Gasteiger partial charge < -0.3 is 15.3 Å². The Morgan fingerprint density at radius 2 is 1.96 bits per heavy atom. The van der Waals surface area contributed by atoms with E-state index in [-0.39, 0.29) is 0 Å². The SMILES string of the molecule is CC/C(=C\c1ccccc1)[C@@H]1C[C@H]1NC1CC2(C1)CN(CC(C)(C)C(=O)O)C2. The number of nitrogens with one attached hydrogen (secondary N) is 1. The van der Waals surface area contributed by atoms with Crippen LogP contribution in [0.15, 0.2) is 35.9 Å². The summed E-state index contributed by atoms with van der Waals surface area (Å²) in [6.45, 7) is 8.73. The first kappa shape index (κ1) is 19.7. The minimum Gasteiger partial charge on any atom is -0.481 e. The van der Waals surface area contributed by atoms with E-state index in [0.29, 0.717) is 30.0 Å². The molecule has 1 aromatic carbocycles. The standard InChI is InChI=1S/C24H34N2O2/c1-4-18(10-17-8-6-5-7-9-17)20-11-21(20)25-19-12-24(13-19)15-26(16-24)14-23(2,3)22(27)28/h5-10,19-21,25H,4,11-16H2,1-3H3,(H,27,28)/b18-10+/t20-,21+/m0/s1. The molecule has 1 aliphatic heterocycles. The molecule has 1 saturated heterocycles. The van der Waals surface area contributed by atoms with Crippen LogP contribution >= 0.6 is 0 Å². The first-order valence-corrected chi connectivity index (χ1v) is 10.8. The van der Waals surface area contributed by atoms with Gasteiger partial charge in [-0.2, -0.15) is 0 Å². The number of carboxylic acid groups (broad SMARTS) is 1. The van der Waals surface area contributed by atoms with Gasteiger partial charge >= 0.3 is 5.97 Å². The van der Waals surface area contributed by atoms with Gasteiger partial charge in [-0.15, -0.1) is 0 Å². The summed E-state index contributed by atoms with van der Waals surface area (Å²) >= 11 is 0. The number of aliphatic carboxylic acids is 1. The van der Waals surface area contributed by atoms with E-state index in [4.69, 9.17) is 0 Å². The fraction of sp³-hybridized carbons (Fsp3) is 0.625. The number of carboxylic acids is 1. The Kier molecular flexibility index (Phi) is 5.13. The zero-order chi connectivity index (χ0) is 19.9. The molecule has 1 spiro atoms. The lowest BCUT2D eigenvalue weighted by Gasteiger charge is -2.60. The molecule has 152 valence electrons. The van der Waals surface area contributed by atoms with Crippen LogP contribution in [0.2, 0.25) is 0 Å². The number of benzene rings is 1. The molecule has 2 atom stereocenters. The van der Waals surface area contributed by atoms with Crippen LogP contribution in [0.25, 0.3) is 6.08 Å². The third kappa shape index (κ3) is 4.04. The highest BCUT2D eigenvalue weighted by molar-refractivity contribution is 5.73. The van der Waals surface area contributed by atoms with Gasteiger partial charge in [0.25, 0.3) is 0 Å². The largest absolute Gasteiger partial charge is 0.481 e. The van der Waals surface area contributed by atoms with Gasteiger partial charge in [-0.05, 0) is 56.4 Å². The smallest absolute Gasteiger partial charge is 0.310 e. The van der Waals surface area contributed by atoms with E-state index in [2.05, 4.69) is 53.5 Å². The highest BCUT2D eigenvalue weighted by Crippen LogP contribution is 2.50. The molecule has 3 fully saturated rings. The second-order valence-corrected chi connectivity index (χ2v) is 10.0. The van der Waals surface area contributed by atoms with Gasteiger partial charge in [0, 0.05) is 31.7 Å². The van der Waals surface area contributed by atoms with Crippen molar-refractivity contribution in [3.63, 3.8) is 0 Å². The fourth-order valence-corrected chi connectivity index (χ4v) is 5.33. The zero-order valence-corrected chi connectivity index (χ0v) is 17.4. The number of hydrogen-bond donors (Lipinski definition) is 2. The summed E-state index contributed by atoms with van der Waals surface area (Å²) in [5.74, 6) is 0.00711. The van der Waals surface area contributed by atoms with E-state index >= 15 is 0 Å². The summed E-state index contributed by atoms with van der Waals surface area (Å²) in [6, 6.07) is 12.0.